The van der Waals surface area contributed by atoms with Crippen LogP contribution in [-0.4, -0.2) is 24.9 Å². The number of carbonyl (C=O) groups is 1. The van der Waals surface area contributed by atoms with E-state index in [4.69, 9.17) is 4.42 Å². The van der Waals surface area contributed by atoms with Gasteiger partial charge < -0.3 is 14.6 Å². The van der Waals surface area contributed by atoms with E-state index in [1.54, 1.807) is 25.1 Å². The molecule has 0 radical (unpaired) electrons. The number of benzene rings is 3. The zero-order chi connectivity index (χ0) is 22.7. The van der Waals surface area contributed by atoms with Crippen LogP contribution < -0.4 is 10.7 Å². The molecule has 0 fully saturated rings. The van der Waals surface area contributed by atoms with Crippen LogP contribution in [0.15, 0.2) is 82.0 Å². The van der Waals surface area contributed by atoms with E-state index in [0.29, 0.717) is 34.4 Å². The highest BCUT2D eigenvalue weighted by molar-refractivity contribution is 6.05. The van der Waals surface area contributed by atoms with Gasteiger partial charge in [-0.1, -0.05) is 60.7 Å². The van der Waals surface area contributed by atoms with E-state index in [1.807, 2.05) is 56.6 Å². The molecular weight excluding hydrogens is 400 g/mol. The van der Waals surface area contributed by atoms with Gasteiger partial charge in [-0.15, -0.1) is 0 Å². The van der Waals surface area contributed by atoms with Gasteiger partial charge in [0, 0.05) is 24.2 Å². The number of nitrogens with zero attached hydrogens (tertiary/aromatic N) is 1. The standard InChI is InChI=1S/C27H26N2O3/c1-18-24(30)22-10-7-11-23(26(22)32-25(18)21-8-5-4-6-9-21)27(31)28-16-19-12-14-20(15-13-19)17-29(2)3/h4-15H,16-17H2,1-3H3,(H,28,31). The fraction of sp³-hybridized carbons (Fsp3) is 0.185. The van der Waals surface area contributed by atoms with Crippen LogP contribution in [0.2, 0.25) is 0 Å². The van der Waals surface area contributed by atoms with Gasteiger partial charge in [0.2, 0.25) is 0 Å². The first-order chi connectivity index (χ1) is 15.4. The summed E-state index contributed by atoms with van der Waals surface area (Å²) in [6, 6.07) is 22.7. The molecule has 0 saturated carbocycles. The molecule has 162 valence electrons. The number of hydrogen-bond donors (Lipinski definition) is 1. The smallest absolute Gasteiger partial charge is 0.255 e. The maximum atomic E-state index is 13.0. The third kappa shape index (κ3) is 4.48. The van der Waals surface area contributed by atoms with Gasteiger partial charge in [0.1, 0.15) is 5.76 Å². The lowest BCUT2D eigenvalue weighted by Gasteiger charge is -2.12. The molecule has 1 aromatic heterocycles. The number of carbonyl (C=O) groups excluding carboxylic acids is 1. The second-order valence-corrected chi connectivity index (χ2v) is 8.17. The van der Waals surface area contributed by atoms with Gasteiger partial charge in [-0.3, -0.25) is 9.59 Å². The summed E-state index contributed by atoms with van der Waals surface area (Å²) < 4.78 is 6.15. The van der Waals surface area contributed by atoms with Crippen molar-refractivity contribution < 1.29 is 9.21 Å². The van der Waals surface area contributed by atoms with E-state index in [1.165, 1.54) is 5.56 Å². The highest BCUT2D eigenvalue weighted by Crippen LogP contribution is 2.27. The summed E-state index contributed by atoms with van der Waals surface area (Å²) in [6.07, 6.45) is 0. The molecule has 0 saturated heterocycles. The van der Waals surface area contributed by atoms with E-state index in [2.05, 4.69) is 22.3 Å². The van der Waals surface area contributed by atoms with Crippen molar-refractivity contribution in [2.45, 2.75) is 20.0 Å². The Balaban J connectivity index is 1.63. The predicted molar refractivity (Wildman–Crippen MR) is 128 cm³/mol. The fourth-order valence-electron chi connectivity index (χ4n) is 3.76. The van der Waals surface area contributed by atoms with Gasteiger partial charge in [0.05, 0.1) is 10.9 Å². The van der Waals surface area contributed by atoms with Crippen molar-refractivity contribution >= 4 is 16.9 Å². The zero-order valence-corrected chi connectivity index (χ0v) is 18.5. The number of para-hydroxylation sites is 1. The van der Waals surface area contributed by atoms with Crippen LogP contribution in [0.3, 0.4) is 0 Å². The molecule has 1 N–H and O–H groups in total. The lowest BCUT2D eigenvalue weighted by molar-refractivity contribution is 0.0951. The molecule has 0 atom stereocenters. The summed E-state index contributed by atoms with van der Waals surface area (Å²) in [5.74, 6) is 0.207. The third-order valence-corrected chi connectivity index (χ3v) is 5.40. The van der Waals surface area contributed by atoms with Gasteiger partial charge >= 0.3 is 0 Å². The summed E-state index contributed by atoms with van der Waals surface area (Å²) in [6.45, 7) is 3.00. The van der Waals surface area contributed by atoms with E-state index in [9.17, 15) is 9.59 Å². The maximum absolute atomic E-state index is 13.0. The Kier molecular flexibility index (Phi) is 6.19. The molecule has 0 aliphatic carbocycles. The van der Waals surface area contributed by atoms with Crippen molar-refractivity contribution in [3.05, 3.63) is 105 Å². The summed E-state index contributed by atoms with van der Waals surface area (Å²) in [5, 5.41) is 3.35. The second-order valence-electron chi connectivity index (χ2n) is 8.17. The Labute approximate surface area is 187 Å². The average molecular weight is 427 g/mol. The van der Waals surface area contributed by atoms with Crippen molar-refractivity contribution in [3.8, 4) is 11.3 Å². The van der Waals surface area contributed by atoms with Crippen LogP contribution in [0.5, 0.6) is 0 Å². The van der Waals surface area contributed by atoms with E-state index in [-0.39, 0.29) is 11.3 Å². The first kappa shape index (κ1) is 21.5. The Morgan fingerprint density at radius 1 is 0.906 bits per heavy atom. The van der Waals surface area contributed by atoms with Crippen molar-refractivity contribution in [2.75, 3.05) is 14.1 Å². The van der Waals surface area contributed by atoms with Crippen LogP contribution >= 0.6 is 0 Å². The zero-order valence-electron chi connectivity index (χ0n) is 18.5. The van der Waals surface area contributed by atoms with Crippen molar-refractivity contribution in [3.63, 3.8) is 0 Å². The number of hydrogen-bond acceptors (Lipinski definition) is 4. The Hall–Kier alpha value is -3.70. The SMILES string of the molecule is Cc1c(-c2ccccc2)oc2c(C(=O)NCc3ccc(CN(C)C)cc3)cccc2c1=O. The Morgan fingerprint density at radius 2 is 1.59 bits per heavy atom. The summed E-state index contributed by atoms with van der Waals surface area (Å²) >= 11 is 0. The number of amides is 1. The molecule has 4 rings (SSSR count). The topological polar surface area (TPSA) is 62.6 Å². The van der Waals surface area contributed by atoms with Gasteiger partial charge in [-0.25, -0.2) is 0 Å². The quantitative estimate of drug-likeness (QED) is 0.483. The fourth-order valence-corrected chi connectivity index (χ4v) is 3.76. The largest absolute Gasteiger partial charge is 0.455 e. The molecular formula is C27H26N2O3. The molecule has 5 heteroatoms. The molecule has 1 heterocycles. The first-order valence-corrected chi connectivity index (χ1v) is 10.6. The Morgan fingerprint density at radius 3 is 2.28 bits per heavy atom. The highest BCUT2D eigenvalue weighted by atomic mass is 16.3. The minimum absolute atomic E-state index is 0.128. The van der Waals surface area contributed by atoms with E-state index < -0.39 is 0 Å². The van der Waals surface area contributed by atoms with Gasteiger partial charge in [-0.2, -0.15) is 0 Å². The molecule has 5 nitrogen and oxygen atoms in total. The van der Waals surface area contributed by atoms with Crippen molar-refractivity contribution in [1.29, 1.82) is 0 Å². The number of nitrogens with one attached hydrogen (secondary N) is 1. The highest BCUT2D eigenvalue weighted by Gasteiger charge is 2.18. The van der Waals surface area contributed by atoms with Crippen LogP contribution in [0.4, 0.5) is 0 Å². The normalized spacial score (nSPS) is 11.1. The molecule has 0 aliphatic heterocycles. The molecule has 0 aliphatic rings. The monoisotopic (exact) mass is 426 g/mol. The number of rotatable bonds is 6. The second kappa shape index (κ2) is 9.20. The lowest BCUT2D eigenvalue weighted by Crippen LogP contribution is -2.23. The van der Waals surface area contributed by atoms with Gasteiger partial charge in [-0.05, 0) is 44.3 Å². The summed E-state index contributed by atoms with van der Waals surface area (Å²) in [4.78, 5) is 28.1. The van der Waals surface area contributed by atoms with Gasteiger partial charge in [0.15, 0.2) is 11.0 Å². The van der Waals surface area contributed by atoms with Crippen LogP contribution in [0, 0.1) is 6.92 Å². The molecule has 1 amide bonds. The lowest BCUT2D eigenvalue weighted by atomic mass is 10.0. The molecule has 0 bridgehead atoms. The number of fused-ring (bicyclic) bond motifs is 1. The average Bonchev–Trinajstić information content (AvgIpc) is 2.80. The molecule has 32 heavy (non-hydrogen) atoms. The summed E-state index contributed by atoms with van der Waals surface area (Å²) in [5.41, 5.74) is 4.07. The first-order valence-electron chi connectivity index (χ1n) is 10.6. The van der Waals surface area contributed by atoms with E-state index >= 15 is 0 Å². The van der Waals surface area contributed by atoms with Crippen molar-refractivity contribution in [2.24, 2.45) is 0 Å². The molecule has 4 aromatic rings. The van der Waals surface area contributed by atoms with E-state index in [0.717, 1.165) is 17.7 Å². The van der Waals surface area contributed by atoms with Crippen LogP contribution in [0.25, 0.3) is 22.3 Å². The third-order valence-electron chi connectivity index (χ3n) is 5.40. The minimum atomic E-state index is -0.279. The summed E-state index contributed by atoms with van der Waals surface area (Å²) in [7, 11) is 4.06. The molecule has 0 unspecified atom stereocenters. The Bertz CT molecular complexity index is 1310. The molecule has 3 aromatic carbocycles. The molecule has 0 spiro atoms. The maximum Gasteiger partial charge on any atom is 0.255 e. The van der Waals surface area contributed by atoms with Crippen molar-refractivity contribution in [1.82, 2.24) is 10.2 Å². The predicted octanol–water partition coefficient (Wildman–Crippen LogP) is 4.76. The van der Waals surface area contributed by atoms with Crippen LogP contribution in [0.1, 0.15) is 27.0 Å². The minimum Gasteiger partial charge on any atom is -0.455 e. The van der Waals surface area contributed by atoms with Crippen LogP contribution in [-0.2, 0) is 13.1 Å². The van der Waals surface area contributed by atoms with Gasteiger partial charge in [0.25, 0.3) is 5.91 Å².